The molecule has 4 heterocycles. The molecule has 3 aromatic carbocycles. The highest BCUT2D eigenvalue weighted by atomic mass is 32.1. The summed E-state index contributed by atoms with van der Waals surface area (Å²) in [6.45, 7) is 2.70. The normalized spacial score (nSPS) is 14.7. The summed E-state index contributed by atoms with van der Waals surface area (Å²) in [4.78, 5) is 34.1. The van der Waals surface area contributed by atoms with E-state index in [9.17, 15) is 14.0 Å². The maximum absolute atomic E-state index is 14.2. The predicted molar refractivity (Wildman–Crippen MR) is 179 cm³/mol. The van der Waals surface area contributed by atoms with E-state index in [-0.39, 0.29) is 24.5 Å². The Kier molecular flexibility index (Phi) is 8.21. The average Bonchev–Trinajstić information content (AvgIpc) is 3.81. The summed E-state index contributed by atoms with van der Waals surface area (Å²) in [5, 5.41) is 2.90. The van der Waals surface area contributed by atoms with Gasteiger partial charge in [0.05, 0.1) is 29.0 Å². The number of benzene rings is 3. The molecule has 0 N–H and O–H groups in total. The third-order valence-electron chi connectivity index (χ3n) is 7.72. The quantitative estimate of drug-likeness (QED) is 0.176. The second-order valence-electron chi connectivity index (χ2n) is 10.5. The van der Waals surface area contributed by atoms with Gasteiger partial charge in [-0.25, -0.2) is 14.2 Å². The predicted octanol–water partition coefficient (Wildman–Crippen LogP) is 6.17. The Bertz CT molecular complexity index is 2270. The SMILES string of the molecule is CCOC(=O)C1=C(c2ccccc2)N=c2s/c(=C\c3cn(CCOc4ccccc4F)c4ccccc34)c(=O)n2C1c1cccs1. The lowest BCUT2D eigenvalue weighted by Crippen LogP contribution is -2.39. The molecular weight excluding hydrogens is 622 g/mol. The van der Waals surface area contributed by atoms with Crippen LogP contribution in [0, 0.1) is 5.82 Å². The number of thiazole rings is 1. The lowest BCUT2D eigenvalue weighted by Gasteiger charge is -2.24. The highest BCUT2D eigenvalue weighted by Gasteiger charge is 2.35. The van der Waals surface area contributed by atoms with Crippen molar-refractivity contribution in [2.45, 2.75) is 19.5 Å². The van der Waals surface area contributed by atoms with E-state index in [0.717, 1.165) is 26.9 Å². The monoisotopic (exact) mass is 649 g/mol. The Labute approximate surface area is 271 Å². The van der Waals surface area contributed by atoms with Gasteiger partial charge in [-0.2, -0.15) is 0 Å². The molecule has 0 fully saturated rings. The van der Waals surface area contributed by atoms with Crippen LogP contribution < -0.4 is 19.6 Å². The number of fused-ring (bicyclic) bond motifs is 2. The number of hydrogen-bond donors (Lipinski definition) is 0. The maximum Gasteiger partial charge on any atom is 0.338 e. The first kappa shape index (κ1) is 29.6. The standard InChI is InChI=1S/C36H28FN3O4S2/c1-2-43-35(42)31-32(23-11-4-3-5-12-23)38-36-40(33(31)29-17-10-20-45-29)34(41)30(46-36)21-24-22-39(27-15-8-6-13-25(24)27)18-19-44-28-16-9-7-14-26(28)37/h3-17,20-22,33H,2,18-19H2,1H3/b30-21-. The fraction of sp³-hybridized carbons (Fsp3) is 0.139. The van der Waals surface area contributed by atoms with Gasteiger partial charge in [-0.3, -0.25) is 9.36 Å². The Morgan fingerprint density at radius 1 is 1.00 bits per heavy atom. The summed E-state index contributed by atoms with van der Waals surface area (Å²) in [5.74, 6) is -0.700. The molecule has 0 spiro atoms. The molecule has 0 saturated heterocycles. The molecule has 0 saturated carbocycles. The third-order valence-corrected chi connectivity index (χ3v) is 9.63. The van der Waals surface area contributed by atoms with Gasteiger partial charge in [0, 0.05) is 33.1 Å². The van der Waals surface area contributed by atoms with E-state index in [1.54, 1.807) is 29.7 Å². The number of rotatable bonds is 9. The number of carbonyl (C=O) groups is 1. The van der Waals surface area contributed by atoms with Gasteiger partial charge in [-0.05, 0) is 42.6 Å². The molecule has 1 aliphatic heterocycles. The zero-order chi connectivity index (χ0) is 31.6. The molecule has 1 unspecified atom stereocenters. The molecule has 6 aromatic rings. The van der Waals surface area contributed by atoms with Crippen LogP contribution >= 0.6 is 22.7 Å². The van der Waals surface area contributed by atoms with Crippen molar-refractivity contribution in [3.8, 4) is 5.75 Å². The van der Waals surface area contributed by atoms with E-state index in [2.05, 4.69) is 0 Å². The molecule has 10 heteroatoms. The number of hydrogen-bond acceptors (Lipinski definition) is 7. The van der Waals surface area contributed by atoms with Crippen molar-refractivity contribution in [3.05, 3.63) is 150 Å². The number of ether oxygens (including phenoxy) is 2. The molecule has 0 bridgehead atoms. The number of para-hydroxylation sites is 2. The molecule has 0 radical (unpaired) electrons. The van der Waals surface area contributed by atoms with Crippen LogP contribution in [0.2, 0.25) is 0 Å². The molecule has 230 valence electrons. The second kappa shape index (κ2) is 12.7. The van der Waals surface area contributed by atoms with Crippen molar-refractivity contribution in [1.82, 2.24) is 9.13 Å². The van der Waals surface area contributed by atoms with Gasteiger partial charge in [0.1, 0.15) is 12.6 Å². The summed E-state index contributed by atoms with van der Waals surface area (Å²) < 4.78 is 29.5. The van der Waals surface area contributed by atoms with Gasteiger partial charge in [-0.1, -0.05) is 78.1 Å². The van der Waals surface area contributed by atoms with Crippen molar-refractivity contribution in [1.29, 1.82) is 0 Å². The molecular formula is C36H28FN3O4S2. The van der Waals surface area contributed by atoms with E-state index in [1.807, 2.05) is 89.0 Å². The van der Waals surface area contributed by atoms with Gasteiger partial charge < -0.3 is 14.0 Å². The largest absolute Gasteiger partial charge is 0.489 e. The molecule has 0 amide bonds. The van der Waals surface area contributed by atoms with E-state index < -0.39 is 17.8 Å². The van der Waals surface area contributed by atoms with Crippen molar-refractivity contribution in [2.75, 3.05) is 13.2 Å². The number of esters is 1. The summed E-state index contributed by atoms with van der Waals surface area (Å²) in [5.41, 5.74) is 3.18. The number of nitrogens with zero attached hydrogens (tertiary/aromatic N) is 3. The fourth-order valence-corrected chi connectivity index (χ4v) is 7.50. The Morgan fingerprint density at radius 2 is 1.78 bits per heavy atom. The summed E-state index contributed by atoms with van der Waals surface area (Å²) in [7, 11) is 0. The summed E-state index contributed by atoms with van der Waals surface area (Å²) >= 11 is 2.76. The lowest BCUT2D eigenvalue weighted by molar-refractivity contribution is -0.138. The van der Waals surface area contributed by atoms with Crippen LogP contribution in [-0.4, -0.2) is 28.3 Å². The first-order chi connectivity index (χ1) is 22.5. The smallest absolute Gasteiger partial charge is 0.338 e. The number of aromatic nitrogens is 2. The zero-order valence-electron chi connectivity index (χ0n) is 24.8. The van der Waals surface area contributed by atoms with Crippen molar-refractivity contribution in [3.63, 3.8) is 0 Å². The molecule has 1 atom stereocenters. The second-order valence-corrected chi connectivity index (χ2v) is 12.5. The lowest BCUT2D eigenvalue weighted by atomic mass is 9.97. The molecule has 46 heavy (non-hydrogen) atoms. The number of halogens is 1. The highest BCUT2D eigenvalue weighted by molar-refractivity contribution is 7.10. The van der Waals surface area contributed by atoms with Crippen LogP contribution in [0.3, 0.4) is 0 Å². The van der Waals surface area contributed by atoms with Crippen LogP contribution in [0.5, 0.6) is 5.75 Å². The zero-order valence-corrected chi connectivity index (χ0v) is 26.4. The van der Waals surface area contributed by atoms with Crippen LogP contribution in [0.25, 0.3) is 22.7 Å². The fourth-order valence-electron chi connectivity index (χ4n) is 5.69. The number of carbonyl (C=O) groups excluding carboxylic acids is 1. The van der Waals surface area contributed by atoms with Gasteiger partial charge in [0.15, 0.2) is 16.4 Å². The molecule has 1 aliphatic rings. The first-order valence-electron chi connectivity index (χ1n) is 14.8. The Morgan fingerprint density at radius 3 is 2.57 bits per heavy atom. The third kappa shape index (κ3) is 5.50. The van der Waals surface area contributed by atoms with E-state index in [0.29, 0.717) is 27.1 Å². The highest BCUT2D eigenvalue weighted by Crippen LogP contribution is 2.37. The minimum atomic E-state index is -0.690. The van der Waals surface area contributed by atoms with Crippen LogP contribution in [0.4, 0.5) is 4.39 Å². The van der Waals surface area contributed by atoms with Crippen LogP contribution in [-0.2, 0) is 16.1 Å². The van der Waals surface area contributed by atoms with Crippen LogP contribution in [0.15, 0.2) is 118 Å². The number of thiophene rings is 1. The van der Waals surface area contributed by atoms with Crippen molar-refractivity contribution in [2.24, 2.45) is 4.99 Å². The average molecular weight is 650 g/mol. The summed E-state index contributed by atoms with van der Waals surface area (Å²) in [6.07, 6.45) is 3.85. The topological polar surface area (TPSA) is 74.8 Å². The molecule has 3 aromatic heterocycles. The van der Waals surface area contributed by atoms with Crippen molar-refractivity contribution < 1.29 is 18.7 Å². The Hall–Kier alpha value is -5.06. The molecule has 7 nitrogen and oxygen atoms in total. The van der Waals surface area contributed by atoms with E-state index in [1.165, 1.54) is 28.7 Å². The minimum Gasteiger partial charge on any atom is -0.489 e. The molecule has 0 aliphatic carbocycles. The maximum atomic E-state index is 14.2. The van der Waals surface area contributed by atoms with Gasteiger partial charge >= 0.3 is 5.97 Å². The van der Waals surface area contributed by atoms with E-state index in [4.69, 9.17) is 14.5 Å². The van der Waals surface area contributed by atoms with Gasteiger partial charge in [-0.15, -0.1) is 11.3 Å². The van der Waals surface area contributed by atoms with Crippen molar-refractivity contribution >= 4 is 51.3 Å². The van der Waals surface area contributed by atoms with Crippen LogP contribution in [0.1, 0.15) is 29.0 Å². The van der Waals surface area contributed by atoms with Gasteiger partial charge in [0.25, 0.3) is 5.56 Å². The molecule has 7 rings (SSSR count). The van der Waals surface area contributed by atoms with E-state index >= 15 is 0 Å². The van der Waals surface area contributed by atoms with Gasteiger partial charge in [0.2, 0.25) is 0 Å². The minimum absolute atomic E-state index is 0.196. The summed E-state index contributed by atoms with van der Waals surface area (Å²) in [6, 6.07) is 26.9. The Balaban J connectivity index is 1.35. The first-order valence-corrected chi connectivity index (χ1v) is 16.5.